The average molecular weight is 672 g/mol. The van der Waals surface area contributed by atoms with Crippen molar-refractivity contribution in [3.63, 3.8) is 0 Å². The van der Waals surface area contributed by atoms with Gasteiger partial charge in [0, 0.05) is 17.3 Å². The van der Waals surface area contributed by atoms with E-state index in [0.29, 0.717) is 11.1 Å². The monoisotopic (exact) mass is 671 g/mol. The molecule has 4 aromatic rings. The Kier molecular flexibility index (Phi) is 9.64. The zero-order valence-electron chi connectivity index (χ0n) is 26.6. The molecule has 250 valence electrons. The Morgan fingerprint density at radius 2 is 1.68 bits per heavy atom. The molecule has 0 fully saturated rings. The molecule has 0 aliphatic carbocycles. The zero-order chi connectivity index (χ0) is 34.9. The molecule has 0 unspecified atom stereocenters. The van der Waals surface area contributed by atoms with E-state index >= 15 is 0 Å². The van der Waals surface area contributed by atoms with Gasteiger partial charge >= 0.3 is 6.18 Å². The Morgan fingerprint density at radius 1 is 1.04 bits per heavy atom. The number of sulfonamides is 1. The van der Waals surface area contributed by atoms with E-state index in [1.54, 1.807) is 43.3 Å². The molecule has 47 heavy (non-hydrogen) atoms. The number of nitrogens with zero attached hydrogens (tertiary/aromatic N) is 3. The Hall–Kier alpha value is -5.02. The van der Waals surface area contributed by atoms with Crippen LogP contribution in [0.15, 0.2) is 73.1 Å². The van der Waals surface area contributed by atoms with Crippen LogP contribution < -0.4 is 31.4 Å². The van der Waals surface area contributed by atoms with Gasteiger partial charge in [0.2, 0.25) is 10.0 Å². The Bertz CT molecular complexity index is 1930. The molecule has 0 spiro atoms. The van der Waals surface area contributed by atoms with E-state index in [9.17, 15) is 26.4 Å². The van der Waals surface area contributed by atoms with Crippen LogP contribution in [0.4, 0.5) is 30.2 Å². The molecule has 0 aliphatic heterocycles. The lowest BCUT2D eigenvalue weighted by molar-refractivity contribution is -0.143. The predicted molar refractivity (Wildman–Crippen MR) is 177 cm³/mol. The summed E-state index contributed by atoms with van der Waals surface area (Å²) in [5, 5.41) is 7.73. The third-order valence-electron chi connectivity index (χ3n) is 7.08. The molecule has 11 nitrogen and oxygen atoms in total. The number of nitrogens with one attached hydrogen (secondary N) is 2. The van der Waals surface area contributed by atoms with E-state index < -0.39 is 33.2 Å². The minimum atomic E-state index is -4.80. The number of amides is 1. The van der Waals surface area contributed by atoms with Crippen LogP contribution in [-0.2, 0) is 21.6 Å². The molecular formula is C32H36F3N7O4S. The number of carbonyl (C=O) groups is 1. The number of nitrogens with two attached hydrogens (primary N) is 2. The van der Waals surface area contributed by atoms with E-state index in [0.717, 1.165) is 28.3 Å². The second-order valence-electron chi connectivity index (χ2n) is 11.8. The van der Waals surface area contributed by atoms with Gasteiger partial charge in [-0.25, -0.2) is 18.9 Å². The van der Waals surface area contributed by atoms with Crippen molar-refractivity contribution in [1.82, 2.24) is 9.78 Å². The highest BCUT2D eigenvalue weighted by Crippen LogP contribution is 2.40. The number of benzene rings is 3. The van der Waals surface area contributed by atoms with Gasteiger partial charge in [-0.3, -0.25) is 14.5 Å². The second-order valence-corrected chi connectivity index (χ2v) is 13.6. The third kappa shape index (κ3) is 8.04. The fourth-order valence-electron chi connectivity index (χ4n) is 4.76. The van der Waals surface area contributed by atoms with Crippen molar-refractivity contribution in [2.24, 2.45) is 11.6 Å². The first kappa shape index (κ1) is 34.8. The fourth-order valence-corrected chi connectivity index (χ4v) is 5.31. The van der Waals surface area contributed by atoms with Crippen molar-refractivity contribution in [2.45, 2.75) is 39.3 Å². The van der Waals surface area contributed by atoms with Crippen molar-refractivity contribution in [3.8, 4) is 11.4 Å². The second kappa shape index (κ2) is 13.0. The number of halogens is 3. The summed E-state index contributed by atoms with van der Waals surface area (Å²) in [6, 6.07) is 15.7. The maximum absolute atomic E-state index is 14.2. The number of carbonyl (C=O) groups excluding carboxylic acids is 1. The van der Waals surface area contributed by atoms with E-state index in [2.05, 4.69) is 15.1 Å². The van der Waals surface area contributed by atoms with Crippen LogP contribution in [-0.4, -0.2) is 37.5 Å². The number of alkyl halides is 3. The summed E-state index contributed by atoms with van der Waals surface area (Å²) in [7, 11) is -2.35. The largest absolute Gasteiger partial charge is 0.492 e. The average Bonchev–Trinajstić information content (AvgIpc) is 3.43. The first-order valence-electron chi connectivity index (χ1n) is 14.1. The lowest BCUT2D eigenvalue weighted by atomic mass is 9.86. The molecular weight excluding hydrogens is 635 g/mol. The lowest BCUT2D eigenvalue weighted by Gasteiger charge is -2.24. The van der Waals surface area contributed by atoms with Crippen LogP contribution in [0.5, 0.6) is 5.75 Å². The van der Waals surface area contributed by atoms with E-state index in [4.69, 9.17) is 16.3 Å². The highest BCUT2D eigenvalue weighted by molar-refractivity contribution is 7.92. The van der Waals surface area contributed by atoms with Crippen LogP contribution in [0.2, 0.25) is 0 Å². The number of hydrogen-bond donors (Lipinski definition) is 4. The smallest absolute Gasteiger partial charge is 0.434 e. The van der Waals surface area contributed by atoms with Crippen LogP contribution in [0.25, 0.3) is 11.4 Å². The summed E-state index contributed by atoms with van der Waals surface area (Å²) >= 11 is 0. The first-order chi connectivity index (χ1) is 21.8. The normalized spacial score (nSPS) is 12.5. The molecule has 0 saturated carbocycles. The molecule has 1 heterocycles. The Balaban J connectivity index is 1.70. The fraction of sp³-hybridized carbons (Fsp3) is 0.250. The number of ether oxygens (including phenoxy) is 1. The molecule has 0 radical (unpaired) electrons. The quantitative estimate of drug-likeness (QED) is 0.129. The number of aromatic nitrogens is 2. The van der Waals surface area contributed by atoms with Gasteiger partial charge in [-0.1, -0.05) is 45.0 Å². The minimum absolute atomic E-state index is 0.0942. The standard InChI is InChI=1S/C32H36F3N7O4S/c1-19-12-13-20(30(43)39-25-15-21(31(2,3)4)16-26(28(25)46-5)40-47(6,44)45)14-27(19)41(37)18-24(36)23-17-38-42(29(23)32(33,34)35)22-10-8-7-9-11-22/h7-18,40H,36-37H2,1-6H3,(H,39,43)/b24-18-. The third-order valence-corrected chi connectivity index (χ3v) is 7.67. The molecule has 4 rings (SSSR count). The first-order valence-corrected chi connectivity index (χ1v) is 16.0. The van der Waals surface area contributed by atoms with Crippen molar-refractivity contribution < 1.29 is 31.1 Å². The molecule has 0 saturated heterocycles. The van der Waals surface area contributed by atoms with Gasteiger partial charge in [-0.15, -0.1) is 0 Å². The van der Waals surface area contributed by atoms with E-state index in [1.165, 1.54) is 31.4 Å². The SMILES string of the molecule is COc1c(NC(=O)c2ccc(C)c(N(N)/C=C(\N)c3cnn(-c4ccccc4)c3C(F)(F)F)c2)cc(C(C)(C)C)cc1NS(C)(=O)=O. The van der Waals surface area contributed by atoms with Gasteiger partial charge in [0.1, 0.15) is 0 Å². The maximum atomic E-state index is 14.2. The minimum Gasteiger partial charge on any atom is -0.492 e. The van der Waals surface area contributed by atoms with Crippen molar-refractivity contribution in [3.05, 3.63) is 101 Å². The van der Waals surface area contributed by atoms with E-state index in [1.807, 2.05) is 20.8 Å². The highest BCUT2D eigenvalue weighted by Gasteiger charge is 2.39. The Morgan fingerprint density at radius 3 is 2.26 bits per heavy atom. The molecule has 1 aromatic heterocycles. The summed E-state index contributed by atoms with van der Waals surface area (Å²) in [5.74, 6) is 5.78. The van der Waals surface area contributed by atoms with Crippen LogP contribution in [0.3, 0.4) is 0 Å². The van der Waals surface area contributed by atoms with Crippen molar-refractivity contribution >= 4 is 38.7 Å². The molecule has 0 aliphatic rings. The van der Waals surface area contributed by atoms with Crippen LogP contribution in [0, 0.1) is 6.92 Å². The van der Waals surface area contributed by atoms with Crippen LogP contribution in [0.1, 0.15) is 53.5 Å². The van der Waals surface area contributed by atoms with Crippen molar-refractivity contribution in [1.29, 1.82) is 0 Å². The topological polar surface area (TPSA) is 158 Å². The van der Waals surface area contributed by atoms with Gasteiger partial charge in [0.15, 0.2) is 11.4 Å². The van der Waals surface area contributed by atoms with Crippen LogP contribution >= 0.6 is 0 Å². The highest BCUT2D eigenvalue weighted by atomic mass is 32.2. The molecule has 6 N–H and O–H groups in total. The van der Waals surface area contributed by atoms with E-state index in [-0.39, 0.29) is 45.3 Å². The van der Waals surface area contributed by atoms with Crippen molar-refractivity contribution in [2.75, 3.05) is 28.4 Å². The maximum Gasteiger partial charge on any atom is 0.434 e. The summed E-state index contributed by atoms with van der Waals surface area (Å²) in [6.45, 7) is 7.48. The summed E-state index contributed by atoms with van der Waals surface area (Å²) in [4.78, 5) is 13.5. The predicted octanol–water partition coefficient (Wildman–Crippen LogP) is 5.77. The van der Waals surface area contributed by atoms with Gasteiger partial charge < -0.3 is 15.8 Å². The van der Waals surface area contributed by atoms with Gasteiger partial charge in [0.05, 0.1) is 48.0 Å². The number of hydrazine groups is 1. The molecule has 3 aromatic carbocycles. The van der Waals surface area contributed by atoms with Gasteiger partial charge in [0.25, 0.3) is 5.91 Å². The number of para-hydroxylation sites is 1. The molecule has 1 amide bonds. The number of aryl methyl sites for hydroxylation is 1. The molecule has 0 atom stereocenters. The summed E-state index contributed by atoms with van der Waals surface area (Å²) < 4.78 is 75.4. The lowest BCUT2D eigenvalue weighted by Crippen LogP contribution is -2.27. The Labute approximate surface area is 271 Å². The molecule has 15 heteroatoms. The molecule has 0 bridgehead atoms. The number of anilines is 3. The number of hydrogen-bond acceptors (Lipinski definition) is 8. The summed E-state index contributed by atoms with van der Waals surface area (Å²) in [6.07, 6.45) is -1.67. The van der Waals surface area contributed by atoms with Gasteiger partial charge in [-0.2, -0.15) is 18.3 Å². The number of rotatable bonds is 9. The zero-order valence-corrected chi connectivity index (χ0v) is 27.4. The number of methoxy groups -OCH3 is 1. The summed E-state index contributed by atoms with van der Waals surface area (Å²) in [5.41, 5.74) is 6.23. The van der Waals surface area contributed by atoms with Gasteiger partial charge in [-0.05, 0) is 59.9 Å².